The van der Waals surface area contributed by atoms with Crippen LogP contribution in [0, 0.1) is 0 Å². The molecule has 0 atom stereocenters. The van der Waals surface area contributed by atoms with Crippen molar-refractivity contribution >= 4 is 17.3 Å². The smallest absolute Gasteiger partial charge is 0.346 e. The zero-order valence-corrected chi connectivity index (χ0v) is 10.6. The number of thiophene rings is 1. The Hall–Kier alpha value is -1.73. The minimum atomic E-state index is -0.857. The summed E-state index contributed by atoms with van der Waals surface area (Å²) in [6, 6.07) is 1.85. The maximum absolute atomic E-state index is 10.9. The molecule has 0 amide bonds. The van der Waals surface area contributed by atoms with Crippen molar-refractivity contribution in [3.05, 3.63) is 34.3 Å². The number of rotatable bonds is 7. The molecule has 0 aliphatic carbocycles. The highest BCUT2D eigenvalue weighted by atomic mass is 32.1. The first-order chi connectivity index (χ1) is 8.77. The lowest BCUT2D eigenvalue weighted by Crippen LogP contribution is -2.17. The number of carboxylic acid groups (broad SMARTS) is 1. The maximum Gasteiger partial charge on any atom is 0.346 e. The van der Waals surface area contributed by atoms with E-state index in [0.29, 0.717) is 11.4 Å². The molecule has 6 nitrogen and oxygen atoms in total. The third-order valence-corrected chi connectivity index (χ3v) is 3.41. The van der Waals surface area contributed by atoms with Crippen LogP contribution in [0.15, 0.2) is 23.8 Å². The largest absolute Gasteiger partial charge is 0.477 e. The molecule has 2 rings (SSSR count). The molecule has 18 heavy (non-hydrogen) atoms. The van der Waals surface area contributed by atoms with Gasteiger partial charge in [-0.25, -0.2) is 4.79 Å². The Labute approximate surface area is 108 Å². The predicted octanol–water partition coefficient (Wildman–Crippen LogP) is 1.22. The van der Waals surface area contributed by atoms with Crippen molar-refractivity contribution < 1.29 is 9.90 Å². The van der Waals surface area contributed by atoms with Gasteiger partial charge in [0.2, 0.25) is 0 Å². The van der Waals surface area contributed by atoms with Crippen LogP contribution in [0.1, 0.15) is 21.7 Å². The van der Waals surface area contributed by atoms with Crippen LogP contribution in [0.4, 0.5) is 0 Å². The summed E-state index contributed by atoms with van der Waals surface area (Å²) < 4.78 is 1.77. The summed E-state index contributed by atoms with van der Waals surface area (Å²) in [5.41, 5.74) is 0.841. The van der Waals surface area contributed by atoms with Crippen LogP contribution >= 0.6 is 11.3 Å². The fourth-order valence-electron chi connectivity index (χ4n) is 1.60. The Balaban J connectivity index is 1.69. The Bertz CT molecular complexity index is 495. The van der Waals surface area contributed by atoms with Gasteiger partial charge in [0.25, 0.3) is 0 Å². The number of nitrogens with one attached hydrogen (secondary N) is 1. The number of aryl methyl sites for hydroxylation is 1. The summed E-state index contributed by atoms with van der Waals surface area (Å²) in [7, 11) is 0. The zero-order valence-electron chi connectivity index (χ0n) is 9.74. The Morgan fingerprint density at radius 2 is 2.44 bits per heavy atom. The number of hydrogen-bond donors (Lipinski definition) is 2. The second kappa shape index (κ2) is 6.27. The highest BCUT2D eigenvalue weighted by molar-refractivity contribution is 7.12. The lowest BCUT2D eigenvalue weighted by molar-refractivity contribution is 0.0701. The highest BCUT2D eigenvalue weighted by Gasteiger charge is 2.10. The molecule has 7 heteroatoms. The molecular formula is C11H14N4O2S. The summed E-state index contributed by atoms with van der Waals surface area (Å²) in [5, 5.41) is 21.6. The molecule has 0 bridgehead atoms. The summed E-state index contributed by atoms with van der Waals surface area (Å²) in [5.74, 6) is -0.857. The van der Waals surface area contributed by atoms with Crippen molar-refractivity contribution in [1.29, 1.82) is 0 Å². The fourth-order valence-corrected chi connectivity index (χ4v) is 2.36. The number of nitrogens with zero attached hydrogens (tertiary/aromatic N) is 3. The van der Waals surface area contributed by atoms with E-state index in [-0.39, 0.29) is 0 Å². The molecule has 0 aliphatic rings. The molecule has 2 heterocycles. The van der Waals surface area contributed by atoms with Crippen LogP contribution in [0.3, 0.4) is 0 Å². The van der Waals surface area contributed by atoms with Gasteiger partial charge in [-0.15, -0.1) is 16.4 Å². The van der Waals surface area contributed by atoms with Crippen molar-refractivity contribution in [2.75, 3.05) is 6.54 Å². The van der Waals surface area contributed by atoms with Crippen molar-refractivity contribution in [2.24, 2.45) is 0 Å². The number of aromatic nitrogens is 3. The van der Waals surface area contributed by atoms with E-state index < -0.39 is 5.97 Å². The molecule has 0 radical (unpaired) electrons. The summed E-state index contributed by atoms with van der Waals surface area (Å²) in [6.07, 6.45) is 4.40. The van der Waals surface area contributed by atoms with E-state index in [2.05, 4.69) is 15.6 Å². The van der Waals surface area contributed by atoms with Crippen molar-refractivity contribution in [2.45, 2.75) is 19.5 Å². The first-order valence-electron chi connectivity index (χ1n) is 5.62. The third-order valence-electron chi connectivity index (χ3n) is 2.47. The zero-order chi connectivity index (χ0) is 12.8. The molecule has 2 N–H and O–H groups in total. The Kier molecular flexibility index (Phi) is 4.43. The van der Waals surface area contributed by atoms with Crippen molar-refractivity contribution in [1.82, 2.24) is 20.3 Å². The molecule has 0 saturated heterocycles. The van der Waals surface area contributed by atoms with Gasteiger partial charge in [0.15, 0.2) is 0 Å². The van der Waals surface area contributed by atoms with Gasteiger partial charge in [-0.05, 0) is 30.0 Å². The quantitative estimate of drug-likeness (QED) is 0.736. The summed E-state index contributed by atoms with van der Waals surface area (Å²) in [6.45, 7) is 2.21. The van der Waals surface area contributed by atoms with Gasteiger partial charge in [-0.3, -0.25) is 4.68 Å². The van der Waals surface area contributed by atoms with Crippen LogP contribution in [0.5, 0.6) is 0 Å². The monoisotopic (exact) mass is 266 g/mol. The number of carboxylic acids is 1. The highest BCUT2D eigenvalue weighted by Crippen LogP contribution is 2.16. The Morgan fingerprint density at radius 3 is 3.17 bits per heavy atom. The molecule has 2 aromatic rings. The van der Waals surface area contributed by atoms with Gasteiger partial charge in [0.05, 0.1) is 6.20 Å². The van der Waals surface area contributed by atoms with Gasteiger partial charge in [-0.2, -0.15) is 0 Å². The van der Waals surface area contributed by atoms with Crippen LogP contribution in [-0.2, 0) is 13.1 Å². The van der Waals surface area contributed by atoms with Crippen LogP contribution in [-0.4, -0.2) is 32.6 Å². The van der Waals surface area contributed by atoms with E-state index >= 15 is 0 Å². The van der Waals surface area contributed by atoms with Gasteiger partial charge >= 0.3 is 5.97 Å². The molecular weight excluding hydrogens is 252 g/mol. The van der Waals surface area contributed by atoms with E-state index in [1.54, 1.807) is 16.3 Å². The number of carbonyl (C=O) groups is 1. The lowest BCUT2D eigenvalue weighted by atomic mass is 10.2. The van der Waals surface area contributed by atoms with Gasteiger partial charge in [0, 0.05) is 19.3 Å². The van der Waals surface area contributed by atoms with E-state index in [9.17, 15) is 4.79 Å². The standard InChI is InChI=1S/C11H14N4O2S/c16-11(17)10-9(2-7-18-10)8-12-3-1-5-15-6-4-13-14-15/h2,4,6-7,12H,1,3,5,8H2,(H,16,17). The molecule has 0 spiro atoms. The molecule has 96 valence electrons. The average molecular weight is 266 g/mol. The first-order valence-corrected chi connectivity index (χ1v) is 6.50. The lowest BCUT2D eigenvalue weighted by Gasteiger charge is -2.04. The number of aromatic carboxylic acids is 1. The van der Waals surface area contributed by atoms with E-state index in [1.165, 1.54) is 11.3 Å². The molecule has 0 fully saturated rings. The van der Waals surface area contributed by atoms with Gasteiger partial charge in [0.1, 0.15) is 4.88 Å². The van der Waals surface area contributed by atoms with Gasteiger partial charge < -0.3 is 10.4 Å². The minimum absolute atomic E-state index is 0.416. The third kappa shape index (κ3) is 3.38. The minimum Gasteiger partial charge on any atom is -0.477 e. The molecule has 0 aromatic carbocycles. The van der Waals surface area contributed by atoms with Crippen molar-refractivity contribution in [3.63, 3.8) is 0 Å². The summed E-state index contributed by atoms with van der Waals surface area (Å²) in [4.78, 5) is 11.3. The SMILES string of the molecule is O=C(O)c1sccc1CNCCCn1ccnn1. The second-order valence-corrected chi connectivity index (χ2v) is 4.69. The van der Waals surface area contributed by atoms with Gasteiger partial charge in [-0.1, -0.05) is 5.21 Å². The van der Waals surface area contributed by atoms with Crippen LogP contribution < -0.4 is 5.32 Å². The molecule has 0 unspecified atom stereocenters. The summed E-state index contributed by atoms with van der Waals surface area (Å²) >= 11 is 1.26. The number of hydrogen-bond acceptors (Lipinski definition) is 5. The van der Waals surface area contributed by atoms with E-state index in [0.717, 1.165) is 25.1 Å². The van der Waals surface area contributed by atoms with Crippen LogP contribution in [0.25, 0.3) is 0 Å². The maximum atomic E-state index is 10.9. The van der Waals surface area contributed by atoms with Crippen molar-refractivity contribution in [3.8, 4) is 0 Å². The fraction of sp³-hybridized carbons (Fsp3) is 0.364. The molecule has 2 aromatic heterocycles. The Morgan fingerprint density at radius 1 is 1.56 bits per heavy atom. The van der Waals surface area contributed by atoms with Crippen LogP contribution in [0.2, 0.25) is 0 Å². The first kappa shape index (κ1) is 12.7. The topological polar surface area (TPSA) is 80.0 Å². The molecule has 0 aliphatic heterocycles. The second-order valence-electron chi connectivity index (χ2n) is 3.78. The predicted molar refractivity (Wildman–Crippen MR) is 67.6 cm³/mol. The average Bonchev–Trinajstić information content (AvgIpc) is 2.98. The van der Waals surface area contributed by atoms with E-state index in [4.69, 9.17) is 5.11 Å². The van der Waals surface area contributed by atoms with E-state index in [1.807, 2.05) is 12.3 Å². The normalized spacial score (nSPS) is 10.7. The molecule has 0 saturated carbocycles.